The Hall–Kier alpha value is -1.04. The van der Waals surface area contributed by atoms with E-state index in [-0.39, 0.29) is 5.44 Å². The second-order valence-corrected chi connectivity index (χ2v) is 5.96. The summed E-state index contributed by atoms with van der Waals surface area (Å²) in [5.41, 5.74) is 7.93. The molecule has 0 saturated carbocycles. The average molecular weight is 281 g/mol. The fraction of sp³-hybridized carbons (Fsp3) is 0.500. The molecule has 0 bridgehead atoms. The van der Waals surface area contributed by atoms with Crippen LogP contribution in [0.4, 0.5) is 0 Å². The van der Waals surface area contributed by atoms with Gasteiger partial charge in [-0.15, -0.1) is 11.8 Å². The number of ether oxygens (including phenoxy) is 1. The number of aliphatic carboxylic acids is 1. The van der Waals surface area contributed by atoms with Crippen molar-refractivity contribution in [1.29, 1.82) is 0 Å². The van der Waals surface area contributed by atoms with Crippen LogP contribution in [0.2, 0.25) is 0 Å². The third-order valence-electron chi connectivity index (χ3n) is 3.09. The number of carboxylic acids is 1. The molecule has 0 aliphatic carbocycles. The van der Waals surface area contributed by atoms with Gasteiger partial charge in [0.1, 0.15) is 11.5 Å². The predicted octanol–water partition coefficient (Wildman–Crippen LogP) is 1.66. The van der Waals surface area contributed by atoms with Gasteiger partial charge in [0.25, 0.3) is 0 Å². The Labute approximate surface area is 117 Å². The van der Waals surface area contributed by atoms with E-state index in [4.69, 9.17) is 15.6 Å². The zero-order valence-corrected chi connectivity index (χ0v) is 11.6. The van der Waals surface area contributed by atoms with Gasteiger partial charge in [0.05, 0.1) is 0 Å². The highest BCUT2D eigenvalue weighted by Gasteiger charge is 2.15. The normalized spacial score (nSPS) is 21.0. The summed E-state index contributed by atoms with van der Waals surface area (Å²) < 4.78 is 5.67. The summed E-state index contributed by atoms with van der Waals surface area (Å²) >= 11 is 1.86. The standard InChI is InChI=1S/C14H19NO3S/c15-12(14(16)17)8-10-2-4-11(5-3-10)9-13-18-6-1-7-19-13/h2-5,12-13H,1,6-9,15H2,(H,16,17). The lowest BCUT2D eigenvalue weighted by molar-refractivity contribution is -0.138. The summed E-state index contributed by atoms with van der Waals surface area (Å²) in [6.07, 6.45) is 2.40. The van der Waals surface area contributed by atoms with Crippen molar-refractivity contribution < 1.29 is 14.6 Å². The summed E-state index contributed by atoms with van der Waals surface area (Å²) in [4.78, 5) is 10.7. The Morgan fingerprint density at radius 2 is 2.11 bits per heavy atom. The second-order valence-electron chi connectivity index (χ2n) is 4.69. The first kappa shape index (κ1) is 14.4. The first-order chi connectivity index (χ1) is 9.15. The molecule has 0 aromatic heterocycles. The van der Waals surface area contributed by atoms with Crippen LogP contribution in [0.5, 0.6) is 0 Å². The van der Waals surface area contributed by atoms with Gasteiger partial charge in [-0.25, -0.2) is 0 Å². The first-order valence-corrected chi connectivity index (χ1v) is 7.49. The van der Waals surface area contributed by atoms with Gasteiger partial charge in [0.2, 0.25) is 0 Å². The van der Waals surface area contributed by atoms with Crippen molar-refractivity contribution in [3.63, 3.8) is 0 Å². The van der Waals surface area contributed by atoms with Crippen molar-refractivity contribution in [3.05, 3.63) is 35.4 Å². The van der Waals surface area contributed by atoms with Crippen LogP contribution in [-0.4, -0.2) is 34.9 Å². The first-order valence-electron chi connectivity index (χ1n) is 6.44. The number of hydrogen-bond donors (Lipinski definition) is 2. The van der Waals surface area contributed by atoms with E-state index in [2.05, 4.69) is 0 Å². The monoisotopic (exact) mass is 281 g/mol. The Morgan fingerprint density at radius 1 is 1.42 bits per heavy atom. The lowest BCUT2D eigenvalue weighted by Crippen LogP contribution is -2.32. The van der Waals surface area contributed by atoms with Crippen molar-refractivity contribution in [2.24, 2.45) is 5.73 Å². The average Bonchev–Trinajstić information content (AvgIpc) is 2.42. The molecule has 2 rings (SSSR count). The molecule has 1 aliphatic heterocycles. The number of thioether (sulfide) groups is 1. The maximum absolute atomic E-state index is 10.7. The molecule has 19 heavy (non-hydrogen) atoms. The molecule has 1 aromatic rings. The van der Waals surface area contributed by atoms with Gasteiger partial charge in [-0.1, -0.05) is 24.3 Å². The van der Waals surface area contributed by atoms with Crippen molar-refractivity contribution in [1.82, 2.24) is 0 Å². The summed E-state index contributed by atoms with van der Waals surface area (Å²) in [5.74, 6) is 0.201. The van der Waals surface area contributed by atoms with Crippen LogP contribution in [0.3, 0.4) is 0 Å². The molecule has 0 amide bonds. The minimum absolute atomic E-state index is 0.251. The van der Waals surface area contributed by atoms with E-state index >= 15 is 0 Å². The molecule has 0 radical (unpaired) electrons. The number of rotatable bonds is 5. The largest absolute Gasteiger partial charge is 0.480 e. The zero-order chi connectivity index (χ0) is 13.7. The molecule has 1 heterocycles. The smallest absolute Gasteiger partial charge is 0.320 e. The van der Waals surface area contributed by atoms with Crippen LogP contribution in [0.15, 0.2) is 24.3 Å². The lowest BCUT2D eigenvalue weighted by atomic mass is 10.0. The molecule has 2 unspecified atom stereocenters. The summed E-state index contributed by atoms with van der Waals surface area (Å²) in [6, 6.07) is 7.13. The van der Waals surface area contributed by atoms with Crippen molar-refractivity contribution in [2.45, 2.75) is 30.7 Å². The molecule has 104 valence electrons. The van der Waals surface area contributed by atoms with E-state index in [1.54, 1.807) is 0 Å². The fourth-order valence-electron chi connectivity index (χ4n) is 2.00. The zero-order valence-electron chi connectivity index (χ0n) is 10.7. The van der Waals surface area contributed by atoms with Crippen LogP contribution in [0.25, 0.3) is 0 Å². The lowest BCUT2D eigenvalue weighted by Gasteiger charge is -2.22. The highest BCUT2D eigenvalue weighted by molar-refractivity contribution is 7.99. The molecular formula is C14H19NO3S. The van der Waals surface area contributed by atoms with E-state index in [0.717, 1.165) is 30.8 Å². The second kappa shape index (κ2) is 6.93. The summed E-state index contributed by atoms with van der Waals surface area (Å²) in [6.45, 7) is 0.850. The number of nitrogens with two attached hydrogens (primary N) is 1. The predicted molar refractivity (Wildman–Crippen MR) is 76.3 cm³/mol. The van der Waals surface area contributed by atoms with Crippen molar-refractivity contribution in [2.75, 3.05) is 12.4 Å². The van der Waals surface area contributed by atoms with Crippen molar-refractivity contribution in [3.8, 4) is 0 Å². The molecule has 2 atom stereocenters. The van der Waals surface area contributed by atoms with E-state index in [1.807, 2.05) is 36.0 Å². The van der Waals surface area contributed by atoms with Crippen LogP contribution in [-0.2, 0) is 22.4 Å². The van der Waals surface area contributed by atoms with Gasteiger partial charge in [0.15, 0.2) is 0 Å². The van der Waals surface area contributed by atoms with E-state index in [0.29, 0.717) is 6.42 Å². The van der Waals surface area contributed by atoms with Gasteiger partial charge in [0, 0.05) is 13.0 Å². The highest BCUT2D eigenvalue weighted by atomic mass is 32.2. The minimum Gasteiger partial charge on any atom is -0.480 e. The fourth-order valence-corrected chi connectivity index (χ4v) is 3.05. The van der Waals surface area contributed by atoms with E-state index in [9.17, 15) is 4.79 Å². The minimum atomic E-state index is -0.962. The van der Waals surface area contributed by atoms with Crippen LogP contribution >= 0.6 is 11.8 Å². The Bertz CT molecular complexity index is 415. The van der Waals surface area contributed by atoms with Crippen LogP contribution < -0.4 is 5.73 Å². The van der Waals surface area contributed by atoms with Gasteiger partial charge < -0.3 is 15.6 Å². The van der Waals surface area contributed by atoms with Crippen molar-refractivity contribution >= 4 is 17.7 Å². The van der Waals surface area contributed by atoms with Crippen LogP contribution in [0.1, 0.15) is 17.5 Å². The molecule has 3 N–H and O–H groups in total. The quantitative estimate of drug-likeness (QED) is 0.859. The molecule has 1 aliphatic rings. The SMILES string of the molecule is NC(Cc1ccc(CC2OCCCS2)cc1)C(=O)O. The number of benzene rings is 1. The van der Waals surface area contributed by atoms with Gasteiger partial charge in [-0.2, -0.15) is 0 Å². The molecular weight excluding hydrogens is 262 g/mol. The highest BCUT2D eigenvalue weighted by Crippen LogP contribution is 2.23. The van der Waals surface area contributed by atoms with Gasteiger partial charge in [-0.3, -0.25) is 4.79 Å². The maximum atomic E-state index is 10.7. The molecule has 4 nitrogen and oxygen atoms in total. The third kappa shape index (κ3) is 4.53. The number of carbonyl (C=O) groups is 1. The molecule has 5 heteroatoms. The molecule has 1 aromatic carbocycles. The number of carboxylic acid groups (broad SMARTS) is 1. The Morgan fingerprint density at radius 3 is 2.68 bits per heavy atom. The summed E-state index contributed by atoms with van der Waals surface area (Å²) in [5, 5.41) is 8.77. The van der Waals surface area contributed by atoms with Gasteiger partial charge >= 0.3 is 5.97 Å². The Kier molecular flexibility index (Phi) is 5.24. The third-order valence-corrected chi connectivity index (χ3v) is 4.29. The maximum Gasteiger partial charge on any atom is 0.320 e. The summed E-state index contributed by atoms with van der Waals surface area (Å²) in [7, 11) is 0. The molecule has 1 saturated heterocycles. The van der Waals surface area contributed by atoms with Gasteiger partial charge in [-0.05, 0) is 29.7 Å². The number of hydrogen-bond acceptors (Lipinski definition) is 4. The molecule has 1 fully saturated rings. The Balaban J connectivity index is 1.88. The van der Waals surface area contributed by atoms with E-state index < -0.39 is 12.0 Å². The van der Waals surface area contributed by atoms with Crippen LogP contribution in [0, 0.1) is 0 Å². The topological polar surface area (TPSA) is 72.5 Å². The van der Waals surface area contributed by atoms with E-state index in [1.165, 1.54) is 5.56 Å². The molecule has 0 spiro atoms.